The molecule has 3 atom stereocenters. The van der Waals surface area contributed by atoms with E-state index in [4.69, 9.17) is 0 Å². The summed E-state index contributed by atoms with van der Waals surface area (Å²) < 4.78 is 2.08. The number of fused-ring (bicyclic) bond motifs is 1. The third-order valence-electron chi connectivity index (χ3n) is 5.19. The van der Waals surface area contributed by atoms with Crippen LogP contribution in [0.4, 0.5) is 0 Å². The molecule has 1 heterocycles. The Labute approximate surface area is 122 Å². The van der Waals surface area contributed by atoms with Crippen molar-refractivity contribution < 1.29 is 0 Å². The lowest BCUT2D eigenvalue weighted by molar-refractivity contribution is 0.409. The summed E-state index contributed by atoms with van der Waals surface area (Å²) in [6.07, 6.45) is 8.53. The molecule has 2 fully saturated rings. The monoisotopic (exact) mass is 276 g/mol. The summed E-state index contributed by atoms with van der Waals surface area (Å²) in [5.41, 5.74) is 0. The van der Waals surface area contributed by atoms with Gasteiger partial charge in [-0.25, -0.2) is 9.67 Å². The van der Waals surface area contributed by atoms with Crippen LogP contribution in [0.2, 0.25) is 0 Å². The van der Waals surface area contributed by atoms with E-state index in [9.17, 15) is 0 Å². The maximum Gasteiger partial charge on any atom is 0.138 e. The van der Waals surface area contributed by atoms with E-state index in [0.717, 1.165) is 36.5 Å². The van der Waals surface area contributed by atoms with Gasteiger partial charge in [-0.15, -0.1) is 0 Å². The summed E-state index contributed by atoms with van der Waals surface area (Å²) in [7, 11) is 0. The van der Waals surface area contributed by atoms with Gasteiger partial charge < -0.3 is 5.32 Å². The van der Waals surface area contributed by atoms with E-state index in [-0.39, 0.29) is 0 Å². The number of rotatable bonds is 6. The molecule has 2 aliphatic rings. The molecule has 0 saturated heterocycles. The second-order valence-corrected chi connectivity index (χ2v) is 6.77. The van der Waals surface area contributed by atoms with Crippen molar-refractivity contribution in [3.63, 3.8) is 0 Å². The van der Waals surface area contributed by atoms with E-state index in [0.29, 0.717) is 12.1 Å². The maximum atomic E-state index is 4.50. The Balaban J connectivity index is 1.70. The van der Waals surface area contributed by atoms with Crippen molar-refractivity contribution >= 4 is 0 Å². The fourth-order valence-electron chi connectivity index (χ4n) is 4.30. The molecule has 0 aliphatic heterocycles. The molecular formula is C16H28N4. The van der Waals surface area contributed by atoms with Crippen LogP contribution in [0.15, 0.2) is 6.33 Å². The van der Waals surface area contributed by atoms with E-state index in [2.05, 4.69) is 40.9 Å². The van der Waals surface area contributed by atoms with Crippen molar-refractivity contribution in [3.05, 3.63) is 12.2 Å². The molecule has 1 aromatic rings. The van der Waals surface area contributed by atoms with Crippen molar-refractivity contribution in [2.24, 2.45) is 17.8 Å². The quantitative estimate of drug-likeness (QED) is 0.869. The molecular weight excluding hydrogens is 248 g/mol. The van der Waals surface area contributed by atoms with Crippen LogP contribution in [0.25, 0.3) is 0 Å². The molecule has 0 spiro atoms. The minimum atomic E-state index is 0.399. The molecule has 112 valence electrons. The summed E-state index contributed by atoms with van der Waals surface area (Å²) in [6.45, 7) is 7.62. The molecule has 4 nitrogen and oxygen atoms in total. The molecule has 0 aromatic carbocycles. The average molecular weight is 276 g/mol. The molecule has 0 amide bonds. The first kappa shape index (κ1) is 14.1. The lowest BCUT2D eigenvalue weighted by Crippen LogP contribution is -2.35. The van der Waals surface area contributed by atoms with Gasteiger partial charge in [-0.2, -0.15) is 5.10 Å². The molecule has 2 aliphatic carbocycles. The number of hydrogen-bond acceptors (Lipinski definition) is 3. The van der Waals surface area contributed by atoms with E-state index in [1.54, 1.807) is 6.33 Å². The minimum absolute atomic E-state index is 0.399. The largest absolute Gasteiger partial charge is 0.314 e. The van der Waals surface area contributed by atoms with Crippen molar-refractivity contribution in [1.82, 2.24) is 20.1 Å². The second-order valence-electron chi connectivity index (χ2n) is 6.77. The Morgan fingerprint density at radius 1 is 1.30 bits per heavy atom. The summed E-state index contributed by atoms with van der Waals surface area (Å²) in [5, 5.41) is 8.10. The van der Waals surface area contributed by atoms with Crippen molar-refractivity contribution in [2.45, 2.75) is 65.0 Å². The molecule has 3 unspecified atom stereocenters. The van der Waals surface area contributed by atoms with E-state index < -0.39 is 0 Å². The predicted octanol–water partition coefficient (Wildman–Crippen LogP) is 2.82. The minimum Gasteiger partial charge on any atom is -0.314 e. The fraction of sp³-hybridized carbons (Fsp3) is 0.875. The predicted molar refractivity (Wildman–Crippen MR) is 80.5 cm³/mol. The molecule has 0 radical (unpaired) electrons. The second kappa shape index (κ2) is 5.84. The van der Waals surface area contributed by atoms with Crippen LogP contribution < -0.4 is 5.32 Å². The van der Waals surface area contributed by atoms with Gasteiger partial charge in [0.2, 0.25) is 0 Å². The molecule has 1 N–H and O–H groups in total. The van der Waals surface area contributed by atoms with Crippen molar-refractivity contribution in [1.29, 1.82) is 0 Å². The fourth-order valence-corrected chi connectivity index (χ4v) is 4.30. The third-order valence-corrected chi connectivity index (χ3v) is 5.19. The van der Waals surface area contributed by atoms with Gasteiger partial charge in [0.15, 0.2) is 0 Å². The van der Waals surface area contributed by atoms with Gasteiger partial charge in [0.1, 0.15) is 12.2 Å². The van der Waals surface area contributed by atoms with Gasteiger partial charge in [0.25, 0.3) is 0 Å². The highest BCUT2D eigenvalue weighted by Gasteiger charge is 2.53. The molecule has 4 heteroatoms. The first-order chi connectivity index (χ1) is 9.72. The Morgan fingerprint density at radius 2 is 2.00 bits per heavy atom. The Bertz CT molecular complexity index is 427. The zero-order chi connectivity index (χ0) is 14.1. The standard InChI is InChI=1S/C16H28N4/c1-4-17-14(16-12-7-5-6-8-13(12)16)9-15-18-10-19-20(15)11(2)3/h10-14,16-17H,4-9H2,1-3H3. The number of likely N-dealkylation sites (N-methyl/N-ethyl adjacent to an activating group) is 1. The van der Waals surface area contributed by atoms with E-state index in [1.165, 1.54) is 25.7 Å². The van der Waals surface area contributed by atoms with Crippen molar-refractivity contribution in [2.75, 3.05) is 6.54 Å². The summed E-state index contributed by atoms with van der Waals surface area (Å²) in [6, 6.07) is 0.992. The summed E-state index contributed by atoms with van der Waals surface area (Å²) in [4.78, 5) is 4.50. The van der Waals surface area contributed by atoms with E-state index >= 15 is 0 Å². The molecule has 20 heavy (non-hydrogen) atoms. The summed E-state index contributed by atoms with van der Waals surface area (Å²) >= 11 is 0. The maximum absolute atomic E-state index is 4.50. The lowest BCUT2D eigenvalue weighted by atomic mass is 10.0. The van der Waals surface area contributed by atoms with Gasteiger partial charge in [0, 0.05) is 18.5 Å². The van der Waals surface area contributed by atoms with Crippen LogP contribution in [-0.4, -0.2) is 27.4 Å². The van der Waals surface area contributed by atoms with Gasteiger partial charge in [-0.3, -0.25) is 0 Å². The topological polar surface area (TPSA) is 42.7 Å². The van der Waals surface area contributed by atoms with Crippen LogP contribution in [0.1, 0.15) is 58.3 Å². The molecule has 1 aromatic heterocycles. The van der Waals surface area contributed by atoms with E-state index in [1.807, 2.05) is 0 Å². The zero-order valence-electron chi connectivity index (χ0n) is 13.0. The number of nitrogens with one attached hydrogen (secondary N) is 1. The van der Waals surface area contributed by atoms with Gasteiger partial charge >= 0.3 is 0 Å². The van der Waals surface area contributed by atoms with Gasteiger partial charge in [0.05, 0.1) is 0 Å². The van der Waals surface area contributed by atoms with Gasteiger partial charge in [-0.05, 0) is 51.0 Å². The van der Waals surface area contributed by atoms with Crippen LogP contribution in [-0.2, 0) is 6.42 Å². The molecule has 2 saturated carbocycles. The molecule has 0 bridgehead atoms. The van der Waals surface area contributed by atoms with Crippen LogP contribution in [0.5, 0.6) is 0 Å². The molecule has 3 rings (SSSR count). The van der Waals surface area contributed by atoms with Crippen LogP contribution in [0.3, 0.4) is 0 Å². The highest BCUT2D eigenvalue weighted by atomic mass is 15.3. The highest BCUT2D eigenvalue weighted by Crippen LogP contribution is 2.57. The Kier molecular flexibility index (Phi) is 4.11. The normalized spacial score (nSPS) is 30.3. The lowest BCUT2D eigenvalue weighted by Gasteiger charge is -2.19. The number of hydrogen-bond donors (Lipinski definition) is 1. The average Bonchev–Trinajstić information content (AvgIpc) is 2.97. The van der Waals surface area contributed by atoms with Crippen LogP contribution in [0, 0.1) is 17.8 Å². The SMILES string of the molecule is CCNC(Cc1ncnn1C(C)C)C1C2CCCCC21. The zero-order valence-corrected chi connectivity index (χ0v) is 13.0. The third kappa shape index (κ3) is 2.62. The van der Waals surface area contributed by atoms with Gasteiger partial charge in [-0.1, -0.05) is 19.8 Å². The Morgan fingerprint density at radius 3 is 2.60 bits per heavy atom. The smallest absolute Gasteiger partial charge is 0.138 e. The Hall–Kier alpha value is -0.900. The van der Waals surface area contributed by atoms with Crippen molar-refractivity contribution in [3.8, 4) is 0 Å². The number of aromatic nitrogens is 3. The highest BCUT2D eigenvalue weighted by molar-refractivity contribution is 5.07. The first-order valence-corrected chi connectivity index (χ1v) is 8.34. The van der Waals surface area contributed by atoms with Crippen LogP contribution >= 0.6 is 0 Å². The summed E-state index contributed by atoms with van der Waals surface area (Å²) in [5.74, 6) is 4.01. The number of nitrogens with zero attached hydrogens (tertiary/aromatic N) is 3. The first-order valence-electron chi connectivity index (χ1n) is 8.34.